The van der Waals surface area contributed by atoms with E-state index in [-0.39, 0.29) is 6.10 Å². The van der Waals surface area contributed by atoms with Crippen LogP contribution < -0.4 is 14.8 Å². The van der Waals surface area contributed by atoms with Gasteiger partial charge in [0.1, 0.15) is 11.9 Å². The van der Waals surface area contributed by atoms with Crippen LogP contribution >= 0.6 is 0 Å². The minimum atomic E-state index is 0.161. The smallest absolute Gasteiger partial charge is 0.233 e. The van der Waals surface area contributed by atoms with Crippen LogP contribution in [0.1, 0.15) is 26.7 Å². The second-order valence-corrected chi connectivity index (χ2v) is 7.27. The summed E-state index contributed by atoms with van der Waals surface area (Å²) in [6.45, 7) is 4.36. The summed E-state index contributed by atoms with van der Waals surface area (Å²) < 4.78 is 13.4. The third-order valence-electron chi connectivity index (χ3n) is 4.96. The number of aromatic nitrogens is 4. The van der Waals surface area contributed by atoms with Crippen LogP contribution in [0.25, 0.3) is 16.9 Å². The summed E-state index contributed by atoms with van der Waals surface area (Å²) in [5, 5.41) is 16.4. The van der Waals surface area contributed by atoms with Crippen molar-refractivity contribution in [2.45, 2.75) is 44.9 Å². The van der Waals surface area contributed by atoms with Gasteiger partial charge in [-0.15, -0.1) is 10.2 Å². The second-order valence-electron chi connectivity index (χ2n) is 7.27. The summed E-state index contributed by atoms with van der Waals surface area (Å²) >= 11 is 0. The molecule has 3 heterocycles. The number of methoxy groups -OCH3 is 1. The average molecular weight is 379 g/mol. The molecule has 0 bridgehead atoms. The third kappa shape index (κ3) is 3.99. The molecular weight excluding hydrogens is 354 g/mol. The van der Waals surface area contributed by atoms with Crippen LogP contribution in [-0.4, -0.2) is 45.3 Å². The number of nitrogens with zero attached hydrogens (tertiary/aromatic N) is 4. The molecule has 2 aromatic heterocycles. The first-order chi connectivity index (χ1) is 13.6. The first kappa shape index (κ1) is 18.4. The number of hydrogen-bond acceptors (Lipinski definition) is 6. The Kier molecular flexibility index (Phi) is 5.25. The van der Waals surface area contributed by atoms with E-state index in [9.17, 15) is 0 Å². The summed E-state index contributed by atoms with van der Waals surface area (Å²) in [6, 6.07) is 12.4. The predicted octanol–water partition coefficient (Wildman–Crippen LogP) is 3.25. The van der Waals surface area contributed by atoms with Gasteiger partial charge >= 0.3 is 0 Å². The van der Waals surface area contributed by atoms with Crippen molar-refractivity contribution in [2.24, 2.45) is 0 Å². The van der Waals surface area contributed by atoms with Crippen molar-refractivity contribution in [3.8, 4) is 28.6 Å². The predicted molar refractivity (Wildman–Crippen MR) is 107 cm³/mol. The molecule has 0 unspecified atom stereocenters. The number of hydrogen-bond donors (Lipinski definition) is 1. The van der Waals surface area contributed by atoms with Gasteiger partial charge in [0.05, 0.1) is 18.5 Å². The summed E-state index contributed by atoms with van der Waals surface area (Å²) in [4.78, 5) is 0. The van der Waals surface area contributed by atoms with Gasteiger partial charge in [0, 0.05) is 42.2 Å². The number of rotatable bonds is 5. The van der Waals surface area contributed by atoms with Crippen molar-refractivity contribution < 1.29 is 9.47 Å². The molecule has 4 rings (SSSR count). The third-order valence-corrected chi connectivity index (χ3v) is 4.96. The van der Waals surface area contributed by atoms with Gasteiger partial charge in [0.15, 0.2) is 0 Å². The lowest BCUT2D eigenvalue weighted by atomic mass is 9.98. The molecule has 0 amide bonds. The van der Waals surface area contributed by atoms with Gasteiger partial charge < -0.3 is 14.8 Å². The Hall–Kier alpha value is -2.93. The van der Waals surface area contributed by atoms with Gasteiger partial charge in [-0.25, -0.2) is 4.68 Å². The first-order valence-corrected chi connectivity index (χ1v) is 9.57. The largest absolute Gasteiger partial charge is 0.496 e. The van der Waals surface area contributed by atoms with Gasteiger partial charge in [-0.3, -0.25) is 0 Å². The van der Waals surface area contributed by atoms with E-state index < -0.39 is 0 Å². The lowest BCUT2D eigenvalue weighted by molar-refractivity contribution is 0.117. The monoisotopic (exact) mass is 379 g/mol. The molecular formula is C21H25N5O2. The maximum atomic E-state index is 6.06. The van der Waals surface area contributed by atoms with E-state index in [4.69, 9.17) is 9.47 Å². The molecule has 3 aromatic rings. The van der Waals surface area contributed by atoms with Gasteiger partial charge in [0.2, 0.25) is 5.88 Å². The summed E-state index contributed by atoms with van der Waals surface area (Å²) in [5.41, 5.74) is 2.54. The maximum absolute atomic E-state index is 6.06. The fraction of sp³-hybridized carbons (Fsp3) is 0.381. The highest BCUT2D eigenvalue weighted by molar-refractivity contribution is 5.69. The number of benzene rings is 1. The molecule has 7 heteroatoms. The van der Waals surface area contributed by atoms with Crippen molar-refractivity contribution in [2.75, 3.05) is 7.11 Å². The highest BCUT2D eigenvalue weighted by atomic mass is 16.5. The molecule has 1 aliphatic heterocycles. The van der Waals surface area contributed by atoms with Crippen LogP contribution in [0.4, 0.5) is 0 Å². The first-order valence-electron chi connectivity index (χ1n) is 9.57. The van der Waals surface area contributed by atoms with Crippen LogP contribution in [0.3, 0.4) is 0 Å². The van der Waals surface area contributed by atoms with Crippen LogP contribution in [0.2, 0.25) is 0 Å². The Morgan fingerprint density at radius 2 is 1.89 bits per heavy atom. The minimum Gasteiger partial charge on any atom is -0.496 e. The van der Waals surface area contributed by atoms with Crippen molar-refractivity contribution in [1.82, 2.24) is 25.3 Å². The standard InChI is InChI=1S/C21H25N5O2/c1-14-11-17(12-15(2)23-14)28-21-8-7-19(24-25-21)18-6-5-16(13-20(18)27-3)26-10-4-9-22-26/h4-10,13-15,17,23H,11-12H2,1-3H3/t14-,15-/m0/s1. The van der Waals surface area contributed by atoms with E-state index >= 15 is 0 Å². The highest BCUT2D eigenvalue weighted by Gasteiger charge is 2.25. The molecule has 7 nitrogen and oxygen atoms in total. The fourth-order valence-corrected chi connectivity index (χ4v) is 3.76. The van der Waals surface area contributed by atoms with Crippen LogP contribution in [0.5, 0.6) is 11.6 Å². The van der Waals surface area contributed by atoms with Gasteiger partial charge in [0.25, 0.3) is 0 Å². The maximum Gasteiger partial charge on any atom is 0.233 e. The molecule has 1 aliphatic rings. The average Bonchev–Trinajstić information content (AvgIpc) is 3.22. The molecule has 1 fully saturated rings. The van der Waals surface area contributed by atoms with Gasteiger partial charge in [-0.05, 0) is 51.0 Å². The topological polar surface area (TPSA) is 74.1 Å². The van der Waals surface area contributed by atoms with Crippen molar-refractivity contribution in [3.05, 3.63) is 48.8 Å². The van der Waals surface area contributed by atoms with Gasteiger partial charge in [-0.1, -0.05) is 0 Å². The molecule has 0 spiro atoms. The van der Waals surface area contributed by atoms with Gasteiger partial charge in [-0.2, -0.15) is 5.10 Å². The molecule has 0 saturated carbocycles. The molecule has 1 N–H and O–H groups in total. The molecule has 28 heavy (non-hydrogen) atoms. The Morgan fingerprint density at radius 3 is 2.54 bits per heavy atom. The Balaban J connectivity index is 1.52. The zero-order valence-electron chi connectivity index (χ0n) is 16.4. The van der Waals surface area contributed by atoms with Crippen LogP contribution in [0, 0.1) is 0 Å². The Bertz CT molecular complexity index is 901. The lowest BCUT2D eigenvalue weighted by Gasteiger charge is -2.32. The summed E-state index contributed by atoms with van der Waals surface area (Å²) in [6.07, 6.45) is 5.74. The number of ether oxygens (including phenoxy) is 2. The Labute approximate surface area is 164 Å². The normalized spacial score (nSPS) is 22.0. The van der Waals surface area contributed by atoms with E-state index in [0.717, 1.165) is 35.5 Å². The Morgan fingerprint density at radius 1 is 1.07 bits per heavy atom. The van der Waals surface area contributed by atoms with Crippen molar-refractivity contribution in [3.63, 3.8) is 0 Å². The summed E-state index contributed by atoms with van der Waals surface area (Å²) in [5.74, 6) is 1.28. The molecule has 1 saturated heterocycles. The molecule has 146 valence electrons. The summed E-state index contributed by atoms with van der Waals surface area (Å²) in [7, 11) is 1.65. The lowest BCUT2D eigenvalue weighted by Crippen LogP contribution is -2.46. The SMILES string of the molecule is COc1cc(-n2cccn2)ccc1-c1ccc(OC2C[C@H](C)N[C@@H](C)C2)nn1. The van der Waals surface area contributed by atoms with Crippen molar-refractivity contribution >= 4 is 0 Å². The quantitative estimate of drug-likeness (QED) is 0.734. The molecule has 0 aliphatic carbocycles. The van der Waals surface area contributed by atoms with E-state index in [1.165, 1.54) is 0 Å². The van der Waals surface area contributed by atoms with Crippen LogP contribution in [0.15, 0.2) is 48.8 Å². The number of piperidine rings is 1. The van der Waals surface area contributed by atoms with E-state index in [2.05, 4.69) is 34.5 Å². The van der Waals surface area contributed by atoms with Crippen LogP contribution in [-0.2, 0) is 0 Å². The fourth-order valence-electron chi connectivity index (χ4n) is 3.76. The highest BCUT2D eigenvalue weighted by Crippen LogP contribution is 2.31. The van der Waals surface area contributed by atoms with E-state index in [1.807, 2.05) is 42.6 Å². The number of nitrogens with one attached hydrogen (secondary N) is 1. The van der Waals surface area contributed by atoms with E-state index in [0.29, 0.717) is 18.0 Å². The molecule has 1 aromatic carbocycles. The zero-order valence-corrected chi connectivity index (χ0v) is 16.4. The zero-order chi connectivity index (χ0) is 19.5. The van der Waals surface area contributed by atoms with E-state index in [1.54, 1.807) is 18.0 Å². The van der Waals surface area contributed by atoms with Crippen molar-refractivity contribution in [1.29, 1.82) is 0 Å². The second kappa shape index (κ2) is 7.98. The molecule has 2 atom stereocenters. The molecule has 0 radical (unpaired) electrons. The minimum absolute atomic E-state index is 0.161.